The van der Waals surface area contributed by atoms with Crippen molar-refractivity contribution < 1.29 is 27.9 Å². The molecule has 0 radical (unpaired) electrons. The summed E-state index contributed by atoms with van der Waals surface area (Å²) in [4.78, 5) is 37.3. The topological polar surface area (TPSA) is 174 Å². The third-order valence-corrected chi connectivity index (χ3v) is 5.84. The van der Waals surface area contributed by atoms with Crippen LogP contribution in [0.2, 0.25) is 0 Å². The van der Waals surface area contributed by atoms with Crippen molar-refractivity contribution in [2.24, 2.45) is 5.73 Å². The van der Waals surface area contributed by atoms with Crippen molar-refractivity contribution in [2.75, 3.05) is 32.7 Å². The van der Waals surface area contributed by atoms with Gasteiger partial charge >= 0.3 is 17.8 Å². The zero-order valence-electron chi connectivity index (χ0n) is 15.6. The molecule has 11 nitrogen and oxygen atoms in total. The monoisotopic (exact) mass is 425 g/mol. The van der Waals surface area contributed by atoms with E-state index in [0.29, 0.717) is 12.0 Å². The SMILES string of the molecule is N=C(N)c1ccc(S(=O)(=O)NCCCN2CCN(CCC(=O)O)C(=O)C2=O)cc1. The van der Waals surface area contributed by atoms with Crippen LogP contribution >= 0.6 is 0 Å². The lowest BCUT2D eigenvalue weighted by Crippen LogP contribution is -2.55. The summed E-state index contributed by atoms with van der Waals surface area (Å²) in [6.45, 7) is 0.756. The molecule has 1 heterocycles. The molecule has 1 aromatic carbocycles. The number of amidine groups is 1. The number of carbonyl (C=O) groups is 3. The number of nitrogens with two attached hydrogens (primary N) is 1. The first-order valence-corrected chi connectivity index (χ1v) is 10.3. The van der Waals surface area contributed by atoms with Crippen molar-refractivity contribution in [1.29, 1.82) is 5.41 Å². The van der Waals surface area contributed by atoms with Gasteiger partial charge in [-0.15, -0.1) is 0 Å². The Bertz CT molecular complexity index is 899. The first kappa shape index (κ1) is 22.3. The smallest absolute Gasteiger partial charge is 0.312 e. The summed E-state index contributed by atoms with van der Waals surface area (Å²) < 4.78 is 27.0. The van der Waals surface area contributed by atoms with E-state index in [1.54, 1.807) is 0 Å². The molecule has 0 aliphatic carbocycles. The average molecular weight is 425 g/mol. The third kappa shape index (κ3) is 5.99. The van der Waals surface area contributed by atoms with Gasteiger partial charge in [0.2, 0.25) is 10.0 Å². The van der Waals surface area contributed by atoms with E-state index in [1.807, 2.05) is 0 Å². The molecule has 0 bridgehead atoms. The van der Waals surface area contributed by atoms with Crippen molar-refractivity contribution in [1.82, 2.24) is 14.5 Å². The second-order valence-electron chi connectivity index (χ2n) is 6.42. The average Bonchev–Trinajstić information content (AvgIpc) is 2.67. The highest BCUT2D eigenvalue weighted by molar-refractivity contribution is 7.89. The third-order valence-electron chi connectivity index (χ3n) is 4.37. The molecule has 2 rings (SSSR count). The maximum Gasteiger partial charge on any atom is 0.312 e. The van der Waals surface area contributed by atoms with Crippen LogP contribution in [0.25, 0.3) is 0 Å². The highest BCUT2D eigenvalue weighted by Gasteiger charge is 2.32. The van der Waals surface area contributed by atoms with Gasteiger partial charge in [-0.2, -0.15) is 0 Å². The predicted molar refractivity (Wildman–Crippen MR) is 103 cm³/mol. The second-order valence-corrected chi connectivity index (χ2v) is 8.18. The molecule has 12 heteroatoms. The van der Waals surface area contributed by atoms with E-state index in [9.17, 15) is 22.8 Å². The molecule has 0 unspecified atom stereocenters. The highest BCUT2D eigenvalue weighted by atomic mass is 32.2. The second kappa shape index (κ2) is 9.47. The fourth-order valence-corrected chi connectivity index (χ4v) is 3.82. The normalized spacial score (nSPS) is 14.9. The van der Waals surface area contributed by atoms with Crippen molar-refractivity contribution >= 4 is 33.6 Å². The maximum atomic E-state index is 12.3. The van der Waals surface area contributed by atoms with Gasteiger partial charge < -0.3 is 20.6 Å². The number of nitrogens with one attached hydrogen (secondary N) is 2. The Balaban J connectivity index is 1.81. The molecule has 0 spiro atoms. The van der Waals surface area contributed by atoms with Gasteiger partial charge in [0.1, 0.15) is 5.84 Å². The number of aliphatic carboxylic acids is 1. The van der Waals surface area contributed by atoms with Crippen LogP contribution in [-0.4, -0.2) is 79.7 Å². The van der Waals surface area contributed by atoms with Gasteiger partial charge in [0.25, 0.3) is 0 Å². The lowest BCUT2D eigenvalue weighted by atomic mass is 10.2. The number of amides is 2. The van der Waals surface area contributed by atoms with E-state index in [2.05, 4.69) is 4.72 Å². The molecule has 2 amide bonds. The lowest BCUT2D eigenvalue weighted by Gasteiger charge is -2.33. The first-order chi connectivity index (χ1) is 13.6. The van der Waals surface area contributed by atoms with Crippen LogP contribution in [0.15, 0.2) is 29.2 Å². The Kier molecular flexibility index (Phi) is 7.29. The van der Waals surface area contributed by atoms with Crippen LogP contribution in [0, 0.1) is 5.41 Å². The fourth-order valence-electron chi connectivity index (χ4n) is 2.75. The molecule has 1 aliphatic heterocycles. The van der Waals surface area contributed by atoms with Crippen LogP contribution in [0.1, 0.15) is 18.4 Å². The lowest BCUT2D eigenvalue weighted by molar-refractivity contribution is -0.156. The van der Waals surface area contributed by atoms with Gasteiger partial charge in [0.05, 0.1) is 11.3 Å². The molecule has 0 atom stereocenters. The van der Waals surface area contributed by atoms with Crippen molar-refractivity contribution in [2.45, 2.75) is 17.7 Å². The number of hydrogen-bond acceptors (Lipinski definition) is 6. The van der Waals surface area contributed by atoms with E-state index in [0.717, 1.165) is 0 Å². The number of carboxylic acid groups (broad SMARTS) is 1. The highest BCUT2D eigenvalue weighted by Crippen LogP contribution is 2.11. The Morgan fingerprint density at radius 2 is 1.66 bits per heavy atom. The van der Waals surface area contributed by atoms with E-state index >= 15 is 0 Å². The zero-order chi connectivity index (χ0) is 21.6. The van der Waals surface area contributed by atoms with Gasteiger partial charge in [0.15, 0.2) is 0 Å². The largest absolute Gasteiger partial charge is 0.481 e. The van der Waals surface area contributed by atoms with Crippen LogP contribution < -0.4 is 10.5 Å². The van der Waals surface area contributed by atoms with Crippen LogP contribution in [-0.2, 0) is 24.4 Å². The van der Waals surface area contributed by atoms with Gasteiger partial charge in [-0.25, -0.2) is 13.1 Å². The summed E-state index contributed by atoms with van der Waals surface area (Å²) in [5, 5.41) is 16.0. The van der Waals surface area contributed by atoms with Crippen LogP contribution in [0.5, 0.6) is 0 Å². The standard InChI is InChI=1S/C17H23N5O6S/c18-15(19)12-2-4-13(5-3-12)29(27,28)20-7-1-8-21-10-11-22(9-6-14(23)24)17(26)16(21)25/h2-5,20H,1,6-11H2,(H3,18,19)(H,23,24). The summed E-state index contributed by atoms with van der Waals surface area (Å²) in [6.07, 6.45) is 0.0765. The summed E-state index contributed by atoms with van der Waals surface area (Å²) in [7, 11) is -3.75. The molecule has 5 N–H and O–H groups in total. The minimum atomic E-state index is -3.75. The van der Waals surface area contributed by atoms with Crippen molar-refractivity contribution in [3.63, 3.8) is 0 Å². The number of nitrogens with zero attached hydrogens (tertiary/aromatic N) is 2. The summed E-state index contributed by atoms with van der Waals surface area (Å²) in [5.41, 5.74) is 5.75. The minimum absolute atomic E-state index is 0.0179. The molecule has 0 aromatic heterocycles. The Morgan fingerprint density at radius 3 is 2.17 bits per heavy atom. The Hall–Kier alpha value is -2.99. The summed E-state index contributed by atoms with van der Waals surface area (Å²) in [6, 6.07) is 5.56. The molecule has 1 aliphatic rings. The molecule has 0 saturated carbocycles. The first-order valence-electron chi connectivity index (χ1n) is 8.86. The quantitative estimate of drug-likeness (QED) is 0.157. The van der Waals surface area contributed by atoms with Crippen LogP contribution in [0.3, 0.4) is 0 Å². The molecule has 1 aromatic rings. The van der Waals surface area contributed by atoms with Gasteiger partial charge in [0, 0.05) is 38.3 Å². The maximum absolute atomic E-state index is 12.3. The molecule has 158 valence electrons. The number of carboxylic acids is 1. The van der Waals surface area contributed by atoms with E-state index in [4.69, 9.17) is 16.2 Å². The van der Waals surface area contributed by atoms with Crippen LogP contribution in [0.4, 0.5) is 0 Å². The number of piperazine rings is 1. The fraction of sp³-hybridized carbons (Fsp3) is 0.412. The van der Waals surface area contributed by atoms with E-state index in [-0.39, 0.29) is 49.9 Å². The number of hydrogen-bond donors (Lipinski definition) is 4. The van der Waals surface area contributed by atoms with E-state index in [1.165, 1.54) is 34.1 Å². The van der Waals surface area contributed by atoms with Crippen molar-refractivity contribution in [3.8, 4) is 0 Å². The molecule has 29 heavy (non-hydrogen) atoms. The number of nitrogen functional groups attached to an aromatic ring is 1. The van der Waals surface area contributed by atoms with Gasteiger partial charge in [-0.1, -0.05) is 0 Å². The van der Waals surface area contributed by atoms with Gasteiger partial charge in [-0.05, 0) is 30.7 Å². The molecular formula is C17H23N5O6S. The number of carbonyl (C=O) groups excluding carboxylic acids is 2. The zero-order valence-corrected chi connectivity index (χ0v) is 16.4. The predicted octanol–water partition coefficient (Wildman–Crippen LogP) is -1.22. The molecular weight excluding hydrogens is 402 g/mol. The summed E-state index contributed by atoms with van der Waals surface area (Å²) >= 11 is 0. The van der Waals surface area contributed by atoms with Gasteiger partial charge in [-0.3, -0.25) is 19.8 Å². The Labute approximate surface area is 168 Å². The number of sulfonamides is 1. The minimum Gasteiger partial charge on any atom is -0.481 e. The Morgan fingerprint density at radius 1 is 1.10 bits per heavy atom. The molecule has 1 saturated heterocycles. The van der Waals surface area contributed by atoms with E-state index < -0.39 is 27.8 Å². The molecule has 1 fully saturated rings. The van der Waals surface area contributed by atoms with Crippen molar-refractivity contribution in [3.05, 3.63) is 29.8 Å². The summed E-state index contributed by atoms with van der Waals surface area (Å²) in [5.74, 6) is -2.67. The number of benzene rings is 1. The number of rotatable bonds is 10.